The molecule has 6 rings (SSSR count). The Hall–Kier alpha value is -4.16. The van der Waals surface area contributed by atoms with Gasteiger partial charge in [0.2, 0.25) is 0 Å². The number of primary amides is 2. The normalized spacial score (nSPS) is 10.5. The fourth-order valence-corrected chi connectivity index (χ4v) is 8.13. The van der Waals surface area contributed by atoms with Crippen molar-refractivity contribution in [1.82, 2.24) is 9.97 Å². The van der Waals surface area contributed by atoms with Crippen LogP contribution in [0.2, 0.25) is 0 Å². The maximum absolute atomic E-state index is 14.2. The fraction of sp³-hybridized carbons (Fsp3) is 0.111. The molecule has 5 N–H and O–H groups in total. The third-order valence-electron chi connectivity index (χ3n) is 6.93. The van der Waals surface area contributed by atoms with E-state index in [2.05, 4.69) is 94.7 Å². The third kappa shape index (κ3) is 10.7. The topological polar surface area (TPSA) is 141 Å². The fourth-order valence-electron chi connectivity index (χ4n) is 4.52. The molecule has 0 aliphatic rings. The number of nitrogens with zero attached hydrogens (tertiary/aromatic N) is 2. The summed E-state index contributed by atoms with van der Waals surface area (Å²) in [6, 6.07) is 19.9. The number of alkyl halides is 1. The number of rotatable bonds is 8. The number of phenols is 1. The lowest BCUT2D eigenvalue weighted by molar-refractivity contribution is 0.0982. The van der Waals surface area contributed by atoms with Crippen LogP contribution < -0.4 is 16.2 Å². The molecule has 0 aliphatic carbocycles. The molecule has 2 heterocycles. The first-order valence-corrected chi connectivity index (χ1v) is 19.3. The molecule has 276 valence electrons. The molecular formula is C36H27Br3F4N4O4S2. The number of hydrogen-bond acceptors (Lipinski definition) is 8. The number of nitrogens with two attached hydrogens (primary N) is 2. The largest absolute Gasteiger partial charge is 0.505 e. The number of aromatic nitrogens is 2. The highest BCUT2D eigenvalue weighted by Gasteiger charge is 2.20. The first-order valence-electron chi connectivity index (χ1n) is 15.0. The predicted octanol–water partition coefficient (Wildman–Crippen LogP) is 10.4. The van der Waals surface area contributed by atoms with E-state index in [4.69, 9.17) is 15.6 Å². The number of phenolic OH excluding ortho intramolecular Hbond substituents is 1. The van der Waals surface area contributed by atoms with Crippen molar-refractivity contribution in [3.05, 3.63) is 136 Å². The van der Waals surface area contributed by atoms with Gasteiger partial charge in [-0.05, 0) is 82.1 Å². The second-order valence-corrected chi connectivity index (χ2v) is 16.2. The Morgan fingerprint density at radius 2 is 1.21 bits per heavy atom. The van der Waals surface area contributed by atoms with Gasteiger partial charge in [-0.1, -0.05) is 63.5 Å². The number of thiazole rings is 2. The van der Waals surface area contributed by atoms with E-state index in [0.717, 1.165) is 64.7 Å². The molecule has 0 atom stereocenters. The van der Waals surface area contributed by atoms with Crippen molar-refractivity contribution >= 4 is 82.3 Å². The summed E-state index contributed by atoms with van der Waals surface area (Å²) in [5.41, 5.74) is 14.2. The highest BCUT2D eigenvalue weighted by molar-refractivity contribution is 9.11. The quantitative estimate of drug-likeness (QED) is 0.102. The first kappa shape index (κ1) is 41.6. The van der Waals surface area contributed by atoms with E-state index < -0.39 is 52.0 Å². The maximum atomic E-state index is 14.2. The van der Waals surface area contributed by atoms with E-state index in [0.29, 0.717) is 5.01 Å². The third-order valence-corrected chi connectivity index (χ3v) is 11.2. The average Bonchev–Trinajstić information content (AvgIpc) is 3.68. The molecule has 0 unspecified atom stereocenters. The zero-order valence-corrected chi connectivity index (χ0v) is 33.9. The summed E-state index contributed by atoms with van der Waals surface area (Å²) < 4.78 is 60.3. The predicted molar refractivity (Wildman–Crippen MR) is 208 cm³/mol. The standard InChI is InChI=1S/C18H13BrF2N2O2S.C11H9Br2NS.C7H5F2NO2/c1-9-3-2-4-10(7-9)16-17(19)26-13(23-16)8-25-12-6-5-11(20)14(15(12)21)18(22)24;1-7-3-2-4-8(5-7)10-11(13)15-9(6-12)14-10;8-3-1-2-4(11)6(9)5(3)7(10)12/h2-7H,8H2,1H3,(H2,22,24);2-5H,6H2,1H3;1-2,11H,(H2,10,12). The Labute approximate surface area is 334 Å². The molecule has 0 spiro atoms. The molecule has 2 amide bonds. The summed E-state index contributed by atoms with van der Waals surface area (Å²) in [7, 11) is 0. The van der Waals surface area contributed by atoms with Crippen LogP contribution >= 0.6 is 70.5 Å². The van der Waals surface area contributed by atoms with Crippen molar-refractivity contribution in [2.24, 2.45) is 11.5 Å². The second kappa shape index (κ2) is 18.7. The van der Waals surface area contributed by atoms with Gasteiger partial charge in [-0.2, -0.15) is 0 Å². The van der Waals surface area contributed by atoms with Gasteiger partial charge in [0.1, 0.15) is 39.4 Å². The molecule has 53 heavy (non-hydrogen) atoms. The summed E-state index contributed by atoms with van der Waals surface area (Å²) >= 11 is 13.5. The molecular weight excluding hydrogens is 932 g/mol. The van der Waals surface area contributed by atoms with E-state index in [-0.39, 0.29) is 12.4 Å². The Balaban J connectivity index is 0.000000196. The Morgan fingerprint density at radius 3 is 1.66 bits per heavy atom. The van der Waals surface area contributed by atoms with Crippen LogP contribution in [0.25, 0.3) is 22.5 Å². The summed E-state index contributed by atoms with van der Waals surface area (Å²) in [4.78, 5) is 30.7. The molecule has 8 nitrogen and oxygen atoms in total. The lowest BCUT2D eigenvalue weighted by Crippen LogP contribution is -2.16. The second-order valence-electron chi connectivity index (χ2n) is 10.8. The highest BCUT2D eigenvalue weighted by atomic mass is 79.9. The molecule has 0 aliphatic heterocycles. The SMILES string of the molecule is Cc1cccc(-c2nc(CBr)sc2Br)c1.Cc1cccc(-c2nc(COc3ccc(F)c(C(N)=O)c3F)sc2Br)c1.NC(=O)c1c(F)ccc(O)c1F. The van der Waals surface area contributed by atoms with Gasteiger partial charge in [0, 0.05) is 11.1 Å². The van der Waals surface area contributed by atoms with Crippen LogP contribution in [0.1, 0.15) is 41.9 Å². The number of hydrogen-bond donors (Lipinski definition) is 3. The van der Waals surface area contributed by atoms with Crippen LogP contribution in [0.5, 0.6) is 11.5 Å². The van der Waals surface area contributed by atoms with Gasteiger partial charge in [0.15, 0.2) is 23.1 Å². The zero-order chi connectivity index (χ0) is 39.0. The summed E-state index contributed by atoms with van der Waals surface area (Å²) in [5, 5.41) is 11.2. The van der Waals surface area contributed by atoms with Crippen molar-refractivity contribution in [3.63, 3.8) is 0 Å². The van der Waals surface area contributed by atoms with Gasteiger partial charge < -0.3 is 21.3 Å². The summed E-state index contributed by atoms with van der Waals surface area (Å²) in [6.45, 7) is 4.05. The van der Waals surface area contributed by atoms with Crippen molar-refractivity contribution < 1.29 is 37.0 Å². The molecule has 0 saturated carbocycles. The van der Waals surface area contributed by atoms with Gasteiger partial charge in [0.25, 0.3) is 11.8 Å². The van der Waals surface area contributed by atoms with E-state index >= 15 is 0 Å². The lowest BCUT2D eigenvalue weighted by Gasteiger charge is -2.08. The van der Waals surface area contributed by atoms with E-state index in [1.807, 2.05) is 31.2 Å². The van der Waals surface area contributed by atoms with E-state index in [1.165, 1.54) is 22.5 Å². The number of benzene rings is 4. The van der Waals surface area contributed by atoms with Crippen molar-refractivity contribution in [1.29, 1.82) is 0 Å². The first-order chi connectivity index (χ1) is 25.1. The van der Waals surface area contributed by atoms with Gasteiger partial charge in [0.05, 0.1) is 24.3 Å². The smallest absolute Gasteiger partial charge is 0.254 e. The minimum atomic E-state index is -1.33. The molecule has 0 bridgehead atoms. The molecule has 17 heteroatoms. The van der Waals surface area contributed by atoms with Gasteiger partial charge >= 0.3 is 0 Å². The zero-order valence-electron chi connectivity index (χ0n) is 27.5. The van der Waals surface area contributed by atoms with Crippen LogP contribution in [0, 0.1) is 37.1 Å². The minimum absolute atomic E-state index is 0.0319. The van der Waals surface area contributed by atoms with Crippen molar-refractivity contribution in [2.75, 3.05) is 0 Å². The van der Waals surface area contributed by atoms with Crippen molar-refractivity contribution in [2.45, 2.75) is 25.8 Å². The molecule has 0 fully saturated rings. The maximum Gasteiger partial charge on any atom is 0.254 e. The van der Waals surface area contributed by atoms with E-state index in [9.17, 15) is 27.2 Å². The molecule has 6 aromatic rings. The number of carbonyl (C=O) groups is 2. The van der Waals surface area contributed by atoms with Crippen LogP contribution in [-0.4, -0.2) is 26.9 Å². The monoisotopic (exact) mass is 956 g/mol. The number of halogens is 7. The van der Waals surface area contributed by atoms with Crippen LogP contribution in [-0.2, 0) is 11.9 Å². The number of carbonyl (C=O) groups excluding carboxylic acids is 2. The Kier molecular flexibility index (Phi) is 14.7. The summed E-state index contributed by atoms with van der Waals surface area (Å²) in [6.07, 6.45) is 0. The van der Waals surface area contributed by atoms with Gasteiger partial charge in [-0.15, -0.1) is 22.7 Å². The number of amides is 2. The van der Waals surface area contributed by atoms with Crippen LogP contribution in [0.4, 0.5) is 17.6 Å². The van der Waals surface area contributed by atoms with Crippen molar-refractivity contribution in [3.8, 4) is 34.0 Å². The molecule has 0 saturated heterocycles. The molecule has 2 aromatic heterocycles. The summed E-state index contributed by atoms with van der Waals surface area (Å²) in [5.74, 6) is -8.06. The average molecular weight is 959 g/mol. The number of aromatic hydroxyl groups is 1. The Morgan fingerprint density at radius 1 is 0.736 bits per heavy atom. The Bertz CT molecular complexity index is 2290. The lowest BCUT2D eigenvalue weighted by atomic mass is 10.1. The highest BCUT2D eigenvalue weighted by Crippen LogP contribution is 2.35. The number of aryl methyl sites for hydroxylation is 2. The van der Waals surface area contributed by atoms with Gasteiger partial charge in [-0.25, -0.2) is 27.5 Å². The van der Waals surface area contributed by atoms with Crippen LogP contribution in [0.15, 0.2) is 80.4 Å². The van der Waals surface area contributed by atoms with Gasteiger partial charge in [-0.3, -0.25) is 9.59 Å². The molecule has 4 aromatic carbocycles. The minimum Gasteiger partial charge on any atom is -0.505 e. The molecule has 0 radical (unpaired) electrons. The van der Waals surface area contributed by atoms with E-state index in [1.54, 1.807) is 11.3 Å². The van der Waals surface area contributed by atoms with Crippen LogP contribution in [0.3, 0.4) is 0 Å². The number of ether oxygens (including phenoxy) is 1.